The highest BCUT2D eigenvalue weighted by atomic mass is 32.2. The lowest BCUT2D eigenvalue weighted by molar-refractivity contribution is -0.140. The van der Waals surface area contributed by atoms with Gasteiger partial charge in [0.15, 0.2) is 0 Å². The van der Waals surface area contributed by atoms with Gasteiger partial charge in [0.05, 0.1) is 17.4 Å². The molecule has 0 spiro atoms. The third-order valence-corrected chi connectivity index (χ3v) is 6.79. The molecule has 8 heteroatoms. The number of nitrogens with zero attached hydrogens (tertiary/aromatic N) is 2. The average Bonchev–Trinajstić information content (AvgIpc) is 3.16. The smallest absolute Gasteiger partial charge is 0.305 e. The standard InChI is InChI=1S/C21H28F2N2O3S/c1-21(2,3)8-10-25-19(28)16(11-17(26)27)29-20(25)14-5-4-6-15(23)18(14)24-9-7-13(22)12-24/h4-6,13,16,20H,7-12H2,1-3H3,(H,26,27)/t13?,16-,20?/m1/s1. The molecular weight excluding hydrogens is 398 g/mol. The minimum atomic E-state index is -1.04. The number of carbonyl (C=O) groups is 2. The Labute approximate surface area is 174 Å². The number of thioether (sulfide) groups is 1. The zero-order valence-corrected chi connectivity index (χ0v) is 17.8. The van der Waals surface area contributed by atoms with Crippen molar-refractivity contribution in [1.82, 2.24) is 4.90 Å². The van der Waals surface area contributed by atoms with Crippen LogP contribution in [0.1, 0.15) is 51.0 Å². The van der Waals surface area contributed by atoms with Gasteiger partial charge in [0, 0.05) is 25.2 Å². The second-order valence-electron chi connectivity index (χ2n) is 8.93. The molecule has 3 atom stereocenters. The second-order valence-corrected chi connectivity index (χ2v) is 10.2. The minimum absolute atomic E-state index is 0.0124. The van der Waals surface area contributed by atoms with Crippen molar-refractivity contribution in [3.63, 3.8) is 0 Å². The molecule has 2 saturated heterocycles. The number of carboxylic acids is 1. The molecule has 0 radical (unpaired) electrons. The predicted octanol–water partition coefficient (Wildman–Crippen LogP) is 4.23. The number of halogens is 2. The largest absolute Gasteiger partial charge is 0.481 e. The Kier molecular flexibility index (Phi) is 6.41. The third-order valence-electron chi connectivity index (χ3n) is 5.33. The van der Waals surface area contributed by atoms with Crippen molar-refractivity contribution in [1.29, 1.82) is 0 Å². The molecular formula is C21H28F2N2O3S. The van der Waals surface area contributed by atoms with Crippen LogP contribution in [0.25, 0.3) is 0 Å². The number of anilines is 1. The Morgan fingerprint density at radius 2 is 2.07 bits per heavy atom. The molecule has 0 aliphatic carbocycles. The van der Waals surface area contributed by atoms with Gasteiger partial charge < -0.3 is 14.9 Å². The maximum absolute atomic E-state index is 14.8. The van der Waals surface area contributed by atoms with E-state index >= 15 is 0 Å². The Morgan fingerprint density at radius 3 is 2.66 bits per heavy atom. The van der Waals surface area contributed by atoms with E-state index in [0.717, 1.165) is 6.42 Å². The summed E-state index contributed by atoms with van der Waals surface area (Å²) in [4.78, 5) is 27.6. The number of para-hydroxylation sites is 1. The van der Waals surface area contributed by atoms with E-state index in [1.165, 1.54) is 17.8 Å². The van der Waals surface area contributed by atoms with Crippen LogP contribution in [0.15, 0.2) is 18.2 Å². The summed E-state index contributed by atoms with van der Waals surface area (Å²) in [5, 5.41) is 8.01. The fraction of sp³-hybridized carbons (Fsp3) is 0.619. The van der Waals surface area contributed by atoms with E-state index in [-0.39, 0.29) is 24.3 Å². The second kappa shape index (κ2) is 8.50. The van der Waals surface area contributed by atoms with Crippen LogP contribution in [-0.2, 0) is 9.59 Å². The number of amides is 1. The summed E-state index contributed by atoms with van der Waals surface area (Å²) in [5.41, 5.74) is 0.926. The summed E-state index contributed by atoms with van der Waals surface area (Å²) in [5.74, 6) is -1.71. The van der Waals surface area contributed by atoms with E-state index < -0.39 is 28.6 Å². The Morgan fingerprint density at radius 1 is 1.34 bits per heavy atom. The van der Waals surface area contributed by atoms with Gasteiger partial charge in [0.2, 0.25) is 5.91 Å². The van der Waals surface area contributed by atoms with Gasteiger partial charge in [-0.05, 0) is 24.3 Å². The Balaban J connectivity index is 1.96. The van der Waals surface area contributed by atoms with Crippen LogP contribution in [0, 0.1) is 11.2 Å². The molecule has 2 heterocycles. The zero-order chi connectivity index (χ0) is 21.3. The first-order valence-corrected chi connectivity index (χ1v) is 10.9. The van der Waals surface area contributed by atoms with Gasteiger partial charge in [-0.3, -0.25) is 9.59 Å². The zero-order valence-electron chi connectivity index (χ0n) is 17.0. The summed E-state index contributed by atoms with van der Waals surface area (Å²) in [7, 11) is 0. The number of alkyl halides is 1. The summed E-state index contributed by atoms with van der Waals surface area (Å²) in [6.07, 6.45) is -0.194. The normalized spacial score (nSPS) is 25.1. The number of hydrogen-bond acceptors (Lipinski definition) is 4. The van der Waals surface area contributed by atoms with Crippen LogP contribution in [0.4, 0.5) is 14.5 Å². The van der Waals surface area contributed by atoms with Gasteiger partial charge in [0.1, 0.15) is 17.4 Å². The van der Waals surface area contributed by atoms with Crippen LogP contribution in [0.5, 0.6) is 0 Å². The molecule has 29 heavy (non-hydrogen) atoms. The van der Waals surface area contributed by atoms with E-state index in [1.807, 2.05) is 0 Å². The highest BCUT2D eigenvalue weighted by Crippen LogP contribution is 2.48. The lowest BCUT2D eigenvalue weighted by Crippen LogP contribution is -2.35. The van der Waals surface area contributed by atoms with Crippen LogP contribution in [-0.4, -0.2) is 52.9 Å². The molecule has 160 valence electrons. The van der Waals surface area contributed by atoms with E-state index in [1.54, 1.807) is 21.9 Å². The van der Waals surface area contributed by atoms with Crippen LogP contribution >= 0.6 is 11.8 Å². The fourth-order valence-electron chi connectivity index (χ4n) is 3.79. The Hall–Kier alpha value is -1.83. The molecule has 1 amide bonds. The number of aliphatic carboxylic acids is 1. The number of carboxylic acid groups (broad SMARTS) is 1. The first-order chi connectivity index (χ1) is 13.6. The summed E-state index contributed by atoms with van der Waals surface area (Å²) >= 11 is 1.25. The van der Waals surface area contributed by atoms with E-state index in [9.17, 15) is 23.5 Å². The van der Waals surface area contributed by atoms with Crippen molar-refractivity contribution in [3.8, 4) is 0 Å². The fourth-order valence-corrected chi connectivity index (χ4v) is 5.29. The van der Waals surface area contributed by atoms with Gasteiger partial charge in [-0.25, -0.2) is 8.78 Å². The quantitative estimate of drug-likeness (QED) is 0.738. The van der Waals surface area contributed by atoms with Crippen LogP contribution < -0.4 is 4.90 Å². The van der Waals surface area contributed by atoms with Crippen LogP contribution in [0.2, 0.25) is 0 Å². The van der Waals surface area contributed by atoms with Crippen molar-refractivity contribution in [2.24, 2.45) is 5.41 Å². The molecule has 0 bridgehead atoms. The molecule has 1 aromatic rings. The van der Waals surface area contributed by atoms with Gasteiger partial charge in [-0.15, -0.1) is 11.8 Å². The number of benzene rings is 1. The monoisotopic (exact) mass is 426 g/mol. The maximum atomic E-state index is 14.8. The first-order valence-electron chi connectivity index (χ1n) is 9.92. The molecule has 2 aliphatic rings. The average molecular weight is 427 g/mol. The summed E-state index contributed by atoms with van der Waals surface area (Å²) < 4.78 is 28.6. The van der Waals surface area contributed by atoms with E-state index in [2.05, 4.69) is 20.8 Å². The molecule has 0 saturated carbocycles. The summed E-state index contributed by atoms with van der Waals surface area (Å²) in [6, 6.07) is 4.71. The number of carbonyl (C=O) groups excluding carboxylic acids is 1. The SMILES string of the molecule is CC(C)(C)CCN1C(=O)[C@@H](CC(=O)O)SC1c1cccc(F)c1N1CCC(F)C1. The van der Waals surface area contributed by atoms with Crippen molar-refractivity contribution in [2.75, 3.05) is 24.5 Å². The van der Waals surface area contributed by atoms with E-state index in [4.69, 9.17) is 0 Å². The van der Waals surface area contributed by atoms with Crippen molar-refractivity contribution in [3.05, 3.63) is 29.6 Å². The maximum Gasteiger partial charge on any atom is 0.305 e. The molecule has 3 rings (SSSR count). The summed E-state index contributed by atoms with van der Waals surface area (Å²) in [6.45, 7) is 7.22. The van der Waals surface area contributed by atoms with Gasteiger partial charge in [0.25, 0.3) is 0 Å². The lowest BCUT2D eigenvalue weighted by Gasteiger charge is -2.31. The third kappa shape index (κ3) is 5.02. The van der Waals surface area contributed by atoms with Gasteiger partial charge >= 0.3 is 5.97 Å². The molecule has 2 unspecified atom stereocenters. The first kappa shape index (κ1) is 21.9. The lowest BCUT2D eigenvalue weighted by atomic mass is 9.92. The van der Waals surface area contributed by atoms with E-state index in [0.29, 0.717) is 30.8 Å². The predicted molar refractivity (Wildman–Crippen MR) is 110 cm³/mol. The van der Waals surface area contributed by atoms with Crippen LogP contribution in [0.3, 0.4) is 0 Å². The molecule has 2 aliphatic heterocycles. The van der Waals surface area contributed by atoms with Crippen molar-refractivity contribution < 1.29 is 23.5 Å². The topological polar surface area (TPSA) is 60.9 Å². The van der Waals surface area contributed by atoms with Gasteiger partial charge in [-0.1, -0.05) is 32.9 Å². The molecule has 1 aromatic carbocycles. The Bertz CT molecular complexity index is 784. The van der Waals surface area contributed by atoms with Crippen molar-refractivity contribution >= 4 is 29.3 Å². The number of rotatable bonds is 6. The molecule has 2 fully saturated rings. The molecule has 0 aromatic heterocycles. The molecule has 1 N–H and O–H groups in total. The molecule has 5 nitrogen and oxygen atoms in total. The highest BCUT2D eigenvalue weighted by molar-refractivity contribution is 8.01. The minimum Gasteiger partial charge on any atom is -0.481 e. The highest BCUT2D eigenvalue weighted by Gasteiger charge is 2.44. The number of hydrogen-bond donors (Lipinski definition) is 1. The van der Waals surface area contributed by atoms with Crippen molar-refractivity contribution in [2.45, 2.75) is 56.8 Å². The van der Waals surface area contributed by atoms with Gasteiger partial charge in [-0.2, -0.15) is 0 Å².